The van der Waals surface area contributed by atoms with Gasteiger partial charge in [0.25, 0.3) is 5.91 Å². The molecule has 2 N–H and O–H groups in total. The molecule has 0 radical (unpaired) electrons. The Hall–Kier alpha value is -4.82. The second kappa shape index (κ2) is 13.6. The fourth-order valence-electron chi connectivity index (χ4n) is 7.21. The summed E-state index contributed by atoms with van der Waals surface area (Å²) in [5.74, 6) is -1.36. The van der Waals surface area contributed by atoms with Gasteiger partial charge in [-0.1, -0.05) is 62.4 Å². The van der Waals surface area contributed by atoms with Crippen molar-refractivity contribution in [2.75, 3.05) is 6.54 Å². The number of amides is 1. The predicted molar refractivity (Wildman–Crippen MR) is 190 cm³/mol. The van der Waals surface area contributed by atoms with Gasteiger partial charge in [0.1, 0.15) is 22.3 Å². The van der Waals surface area contributed by atoms with Gasteiger partial charge in [-0.3, -0.25) is 9.78 Å². The van der Waals surface area contributed by atoms with E-state index in [2.05, 4.69) is 15.3 Å². The van der Waals surface area contributed by atoms with Crippen molar-refractivity contribution in [2.45, 2.75) is 89.6 Å². The van der Waals surface area contributed by atoms with Gasteiger partial charge >= 0.3 is 6.18 Å². The van der Waals surface area contributed by atoms with Gasteiger partial charge in [-0.25, -0.2) is 13.1 Å². The molecule has 52 heavy (non-hydrogen) atoms. The molecular weight excluding hydrogens is 694 g/mol. The predicted octanol–water partition coefficient (Wildman–Crippen LogP) is 7.05. The minimum Gasteiger partial charge on any atom is -0.488 e. The highest BCUT2D eigenvalue weighted by molar-refractivity contribution is 7.89. The number of rotatable bonds is 9. The highest BCUT2D eigenvalue weighted by atomic mass is 32.2. The van der Waals surface area contributed by atoms with Gasteiger partial charge in [0.2, 0.25) is 10.0 Å². The van der Waals surface area contributed by atoms with Gasteiger partial charge in [0.15, 0.2) is 0 Å². The van der Waals surface area contributed by atoms with Crippen molar-refractivity contribution in [1.29, 1.82) is 0 Å². The number of aromatic nitrogens is 4. The van der Waals surface area contributed by atoms with Crippen molar-refractivity contribution in [3.8, 4) is 5.75 Å². The van der Waals surface area contributed by atoms with Crippen molar-refractivity contribution >= 4 is 27.0 Å². The first-order valence-corrected chi connectivity index (χ1v) is 18.5. The number of halogens is 3. The second-order valence-electron chi connectivity index (χ2n) is 13.8. The Balaban J connectivity index is 1.54. The topological polar surface area (TPSA) is 133 Å². The number of pyridine rings is 1. The Morgan fingerprint density at radius 2 is 1.79 bits per heavy atom. The summed E-state index contributed by atoms with van der Waals surface area (Å²) in [6.07, 6.45) is -3.81. The molecule has 0 spiro atoms. The Morgan fingerprint density at radius 1 is 1.06 bits per heavy atom. The first-order valence-electron chi connectivity index (χ1n) is 17.0. The molecule has 274 valence electrons. The lowest BCUT2D eigenvalue weighted by Crippen LogP contribution is -2.36. The van der Waals surface area contributed by atoms with Crippen LogP contribution < -0.4 is 10.5 Å². The van der Waals surface area contributed by atoms with Crippen LogP contribution in [0.3, 0.4) is 0 Å². The van der Waals surface area contributed by atoms with Gasteiger partial charge in [-0.05, 0) is 79.3 Å². The molecule has 3 heterocycles. The number of nitrogens with zero attached hydrogens (tertiary/aromatic N) is 5. The van der Waals surface area contributed by atoms with E-state index in [1.54, 1.807) is 28.9 Å². The summed E-state index contributed by atoms with van der Waals surface area (Å²) in [4.78, 5) is 17.1. The molecule has 0 saturated heterocycles. The van der Waals surface area contributed by atoms with E-state index in [9.17, 15) is 26.4 Å². The zero-order valence-corrected chi connectivity index (χ0v) is 30.6. The molecule has 10 nitrogen and oxygen atoms in total. The SMILES string of the molecule is CC[C@@H]1CN(Cc2cc([C@@H](c3ccc4c(nnn4CC)c3C)C(C)(C)c3ncc(C(F)(F)F)cc3C(N)=O)ccc2C)S(=O)(=O)c2ccccc2O1. The Kier molecular flexibility index (Phi) is 9.68. The lowest BCUT2D eigenvalue weighted by atomic mass is 9.67. The molecule has 1 aliphatic heterocycles. The smallest absolute Gasteiger partial charge is 0.417 e. The van der Waals surface area contributed by atoms with Crippen LogP contribution in [0, 0.1) is 13.8 Å². The van der Waals surface area contributed by atoms with Gasteiger partial charge in [-0.2, -0.15) is 17.5 Å². The molecule has 1 aliphatic rings. The van der Waals surface area contributed by atoms with Gasteiger partial charge < -0.3 is 10.5 Å². The van der Waals surface area contributed by atoms with Crippen LogP contribution in [0.5, 0.6) is 5.75 Å². The highest BCUT2D eigenvalue weighted by Crippen LogP contribution is 2.47. The van der Waals surface area contributed by atoms with E-state index in [1.165, 1.54) is 4.31 Å². The number of sulfonamides is 1. The molecule has 0 unspecified atom stereocenters. The largest absolute Gasteiger partial charge is 0.488 e. The third kappa shape index (κ3) is 6.53. The van der Waals surface area contributed by atoms with E-state index >= 15 is 0 Å². The number of carbonyl (C=O) groups excluding carboxylic acids is 1. The fourth-order valence-corrected chi connectivity index (χ4v) is 8.78. The number of hydrogen-bond donors (Lipinski definition) is 1. The lowest BCUT2D eigenvalue weighted by Gasteiger charge is -2.37. The summed E-state index contributed by atoms with van der Waals surface area (Å²) >= 11 is 0. The van der Waals surface area contributed by atoms with Crippen molar-refractivity contribution in [2.24, 2.45) is 5.73 Å². The first-order chi connectivity index (χ1) is 24.5. The summed E-state index contributed by atoms with van der Waals surface area (Å²) in [6, 6.07) is 16.9. The van der Waals surface area contributed by atoms with Crippen LogP contribution in [-0.4, -0.2) is 51.3 Å². The van der Waals surface area contributed by atoms with E-state index in [-0.39, 0.29) is 35.3 Å². The molecule has 2 atom stereocenters. The zero-order valence-electron chi connectivity index (χ0n) is 29.8. The monoisotopic (exact) mass is 734 g/mol. The Bertz CT molecular complexity index is 2290. The molecule has 1 amide bonds. The van der Waals surface area contributed by atoms with Crippen LogP contribution >= 0.6 is 0 Å². The highest BCUT2D eigenvalue weighted by Gasteiger charge is 2.41. The minimum atomic E-state index is -4.74. The van der Waals surface area contributed by atoms with Crippen molar-refractivity contribution in [3.05, 3.63) is 111 Å². The number of carbonyl (C=O) groups is 1. The van der Waals surface area contributed by atoms with Crippen LogP contribution in [0.15, 0.2) is 71.8 Å². The van der Waals surface area contributed by atoms with Crippen LogP contribution in [0.2, 0.25) is 0 Å². The third-order valence-corrected chi connectivity index (χ3v) is 11.9. The summed E-state index contributed by atoms with van der Waals surface area (Å²) in [5.41, 5.74) is 8.58. The lowest BCUT2D eigenvalue weighted by molar-refractivity contribution is -0.137. The van der Waals surface area contributed by atoms with Crippen LogP contribution in [0.25, 0.3) is 11.0 Å². The number of primary amides is 1. The number of para-hydroxylation sites is 1. The fraction of sp³-hybridized carbons (Fsp3) is 0.368. The number of benzene rings is 3. The van der Waals surface area contributed by atoms with Crippen LogP contribution in [0.1, 0.15) is 89.5 Å². The van der Waals surface area contributed by atoms with Gasteiger partial charge in [0.05, 0.1) is 28.9 Å². The van der Waals surface area contributed by atoms with Crippen molar-refractivity contribution < 1.29 is 31.1 Å². The van der Waals surface area contributed by atoms with E-state index in [1.807, 2.05) is 71.9 Å². The van der Waals surface area contributed by atoms with E-state index in [4.69, 9.17) is 10.5 Å². The van der Waals surface area contributed by atoms with E-state index < -0.39 is 39.0 Å². The average Bonchev–Trinajstić information content (AvgIpc) is 3.49. The number of fused-ring (bicyclic) bond motifs is 2. The maximum absolute atomic E-state index is 14.1. The van der Waals surface area contributed by atoms with Crippen molar-refractivity contribution in [1.82, 2.24) is 24.3 Å². The number of aryl methyl sites for hydroxylation is 3. The maximum atomic E-state index is 14.1. The Labute approximate surface area is 300 Å². The number of alkyl halides is 3. The van der Waals surface area contributed by atoms with Gasteiger partial charge in [-0.15, -0.1) is 5.10 Å². The summed E-state index contributed by atoms with van der Waals surface area (Å²) < 4.78 is 78.9. The number of nitrogens with two attached hydrogens (primary N) is 1. The number of hydrogen-bond acceptors (Lipinski definition) is 7. The first kappa shape index (κ1) is 37.0. The molecule has 6 rings (SSSR count). The van der Waals surface area contributed by atoms with Crippen LogP contribution in [-0.2, 0) is 34.7 Å². The number of ether oxygens (including phenoxy) is 1. The van der Waals surface area contributed by atoms with Gasteiger partial charge in [0, 0.05) is 30.6 Å². The molecule has 2 aromatic heterocycles. The standard InChI is InChI=1S/C38H41F3N6O4S/c1-7-27-21-46(52(49,50)32-12-10-9-11-31(32)51-27)20-25-17-24(14-13-22(25)3)33(28-15-16-30-34(23(28)4)44-45-47(30)8-2)37(5,6)35-29(36(42)48)18-26(19-43-35)38(39,40)41/h9-19,27,33H,7-8,20-21H2,1-6H3,(H2,42,48)/t27-,33+/m1/s1. The maximum Gasteiger partial charge on any atom is 0.417 e. The normalized spacial score (nSPS) is 17.0. The summed E-state index contributed by atoms with van der Waals surface area (Å²) in [6.45, 7) is 12.1. The molecule has 5 aromatic rings. The summed E-state index contributed by atoms with van der Waals surface area (Å²) in [7, 11) is -3.96. The quantitative estimate of drug-likeness (QED) is 0.172. The summed E-state index contributed by atoms with van der Waals surface area (Å²) in [5, 5.41) is 8.74. The molecule has 0 bridgehead atoms. The Morgan fingerprint density at radius 3 is 2.46 bits per heavy atom. The van der Waals surface area contributed by atoms with Crippen LogP contribution in [0.4, 0.5) is 13.2 Å². The third-order valence-electron chi connectivity index (χ3n) is 10.1. The second-order valence-corrected chi connectivity index (χ2v) is 15.7. The molecule has 14 heteroatoms. The zero-order chi connectivity index (χ0) is 37.7. The van der Waals surface area contributed by atoms with E-state index in [0.717, 1.165) is 45.6 Å². The van der Waals surface area contributed by atoms with Crippen molar-refractivity contribution in [3.63, 3.8) is 0 Å². The molecule has 0 saturated carbocycles. The molecular formula is C38H41F3N6O4S. The molecule has 0 aliphatic carbocycles. The van der Waals surface area contributed by atoms with E-state index in [0.29, 0.717) is 24.2 Å². The minimum absolute atomic E-state index is 0.0389. The molecule has 3 aromatic carbocycles. The molecule has 0 fully saturated rings. The average molecular weight is 735 g/mol.